The summed E-state index contributed by atoms with van der Waals surface area (Å²) in [5.74, 6) is 0. The van der Waals surface area contributed by atoms with Crippen LogP contribution in [0, 0.1) is 0 Å². The molecule has 2 N–H and O–H groups in total. The van der Waals surface area contributed by atoms with Crippen LogP contribution in [0.5, 0.6) is 0 Å². The lowest BCUT2D eigenvalue weighted by Gasteiger charge is -2.05. The molecule has 0 aliphatic carbocycles. The molecule has 120 valence electrons. The molecule has 0 aliphatic rings. The van der Waals surface area contributed by atoms with Crippen LogP contribution < -0.4 is 0 Å². The zero-order valence-corrected chi connectivity index (χ0v) is 13.3. The van der Waals surface area contributed by atoms with E-state index in [0.717, 1.165) is 30.4 Å². The second-order valence-electron chi connectivity index (χ2n) is 5.50. The van der Waals surface area contributed by atoms with E-state index in [1.165, 1.54) is 0 Å². The van der Waals surface area contributed by atoms with Gasteiger partial charge in [-0.3, -0.25) is 0 Å². The lowest BCUT2D eigenvalue weighted by molar-refractivity contribution is 0.228. The topological polar surface area (TPSA) is 40.5 Å². The first-order valence-corrected chi connectivity index (χ1v) is 8.06. The number of unbranched alkanes of at least 4 members (excludes halogenated alkanes) is 2. The Hall–Kier alpha value is -2.16. The Balaban J connectivity index is 1.66. The van der Waals surface area contributed by atoms with Gasteiger partial charge in [-0.15, -0.1) is 0 Å². The van der Waals surface area contributed by atoms with Gasteiger partial charge in [-0.05, 0) is 30.4 Å². The Kier molecular flexibility index (Phi) is 7.31. The van der Waals surface area contributed by atoms with Gasteiger partial charge in [0.05, 0.1) is 12.2 Å². The summed E-state index contributed by atoms with van der Waals surface area (Å²) in [7, 11) is 0. The molecule has 0 saturated heterocycles. The highest BCUT2D eigenvalue weighted by atomic mass is 16.3. The number of aliphatic hydroxyl groups is 2. The van der Waals surface area contributed by atoms with Crippen LogP contribution in [-0.2, 0) is 0 Å². The van der Waals surface area contributed by atoms with E-state index in [0.29, 0.717) is 0 Å². The van der Waals surface area contributed by atoms with Crippen LogP contribution in [0.4, 0.5) is 0 Å². The van der Waals surface area contributed by atoms with Gasteiger partial charge < -0.3 is 10.2 Å². The highest BCUT2D eigenvalue weighted by Gasteiger charge is 2.01. The maximum atomic E-state index is 9.99. The fourth-order valence-corrected chi connectivity index (χ4v) is 2.33. The van der Waals surface area contributed by atoms with Crippen LogP contribution in [0.1, 0.15) is 42.6 Å². The summed E-state index contributed by atoms with van der Waals surface area (Å²) in [6.45, 7) is 0. The first kappa shape index (κ1) is 17.2. The Morgan fingerprint density at radius 2 is 1.04 bits per heavy atom. The highest BCUT2D eigenvalue weighted by molar-refractivity contribution is 5.21. The maximum absolute atomic E-state index is 9.99. The third-order valence-electron chi connectivity index (χ3n) is 3.66. The van der Waals surface area contributed by atoms with Crippen molar-refractivity contribution in [3.63, 3.8) is 0 Å². The SMILES string of the molecule is O[C@@H](/C=C/CCC/C=C/[C@H](O)c1ccccc1)c1ccccc1. The van der Waals surface area contributed by atoms with Gasteiger partial charge in [0.2, 0.25) is 0 Å². The molecule has 0 spiro atoms. The zero-order valence-electron chi connectivity index (χ0n) is 13.3. The average molecular weight is 308 g/mol. The summed E-state index contributed by atoms with van der Waals surface area (Å²) in [6.07, 6.45) is 9.44. The smallest absolute Gasteiger partial charge is 0.0971 e. The Morgan fingerprint density at radius 1 is 0.652 bits per heavy atom. The van der Waals surface area contributed by atoms with Gasteiger partial charge in [-0.1, -0.05) is 85.0 Å². The van der Waals surface area contributed by atoms with Gasteiger partial charge >= 0.3 is 0 Å². The molecule has 0 saturated carbocycles. The van der Waals surface area contributed by atoms with Crippen molar-refractivity contribution in [3.05, 3.63) is 96.1 Å². The molecule has 0 fully saturated rings. The van der Waals surface area contributed by atoms with Crippen LogP contribution in [0.2, 0.25) is 0 Å². The molecule has 2 atom stereocenters. The second kappa shape index (κ2) is 9.78. The molecule has 0 unspecified atom stereocenters. The van der Waals surface area contributed by atoms with Crippen molar-refractivity contribution in [2.24, 2.45) is 0 Å². The number of allylic oxidation sites excluding steroid dienone is 2. The normalized spacial score (nSPS) is 14.3. The van der Waals surface area contributed by atoms with E-state index in [2.05, 4.69) is 0 Å². The van der Waals surface area contributed by atoms with Crippen molar-refractivity contribution < 1.29 is 10.2 Å². The Bertz CT molecular complexity index is 547. The van der Waals surface area contributed by atoms with E-state index < -0.39 is 12.2 Å². The van der Waals surface area contributed by atoms with Gasteiger partial charge in [0.25, 0.3) is 0 Å². The molecular formula is C21H24O2. The van der Waals surface area contributed by atoms with E-state index in [4.69, 9.17) is 0 Å². The molecule has 0 heterocycles. The van der Waals surface area contributed by atoms with Crippen molar-refractivity contribution in [1.82, 2.24) is 0 Å². The van der Waals surface area contributed by atoms with Crippen LogP contribution in [0.3, 0.4) is 0 Å². The fourth-order valence-electron chi connectivity index (χ4n) is 2.33. The van der Waals surface area contributed by atoms with Crippen molar-refractivity contribution in [2.75, 3.05) is 0 Å². The van der Waals surface area contributed by atoms with E-state index in [1.54, 1.807) is 0 Å². The molecule has 0 aromatic heterocycles. The number of rotatable bonds is 8. The average Bonchev–Trinajstić information content (AvgIpc) is 2.62. The maximum Gasteiger partial charge on any atom is 0.0971 e. The highest BCUT2D eigenvalue weighted by Crippen LogP contribution is 2.15. The second-order valence-corrected chi connectivity index (χ2v) is 5.50. The lowest BCUT2D eigenvalue weighted by atomic mass is 10.1. The molecule has 2 aromatic rings. The van der Waals surface area contributed by atoms with E-state index in [1.807, 2.05) is 85.0 Å². The summed E-state index contributed by atoms with van der Waals surface area (Å²) < 4.78 is 0. The minimum absolute atomic E-state index is 0.536. The monoisotopic (exact) mass is 308 g/mol. The number of hydrogen-bond acceptors (Lipinski definition) is 2. The van der Waals surface area contributed by atoms with E-state index in [-0.39, 0.29) is 0 Å². The summed E-state index contributed by atoms with van der Waals surface area (Å²) >= 11 is 0. The molecule has 2 nitrogen and oxygen atoms in total. The molecular weight excluding hydrogens is 284 g/mol. The predicted octanol–water partition coefficient (Wildman–Crippen LogP) is 4.74. The van der Waals surface area contributed by atoms with Crippen LogP contribution in [0.15, 0.2) is 85.0 Å². The molecule has 0 radical (unpaired) electrons. The van der Waals surface area contributed by atoms with Gasteiger partial charge in [0.1, 0.15) is 0 Å². The van der Waals surface area contributed by atoms with Gasteiger partial charge in [0.15, 0.2) is 0 Å². The van der Waals surface area contributed by atoms with Crippen LogP contribution in [0.25, 0.3) is 0 Å². The van der Waals surface area contributed by atoms with Gasteiger partial charge in [0, 0.05) is 0 Å². The first-order chi connectivity index (χ1) is 11.3. The largest absolute Gasteiger partial charge is 0.384 e. The number of hydrogen-bond donors (Lipinski definition) is 2. The lowest BCUT2D eigenvalue weighted by Crippen LogP contribution is -1.92. The fraction of sp³-hybridized carbons (Fsp3) is 0.238. The zero-order chi connectivity index (χ0) is 16.3. The van der Waals surface area contributed by atoms with Crippen molar-refractivity contribution in [1.29, 1.82) is 0 Å². The van der Waals surface area contributed by atoms with Crippen LogP contribution in [-0.4, -0.2) is 10.2 Å². The minimum atomic E-state index is -0.536. The van der Waals surface area contributed by atoms with Crippen molar-refractivity contribution >= 4 is 0 Å². The summed E-state index contributed by atoms with van der Waals surface area (Å²) in [5.41, 5.74) is 1.82. The number of benzene rings is 2. The van der Waals surface area contributed by atoms with Crippen molar-refractivity contribution in [2.45, 2.75) is 31.5 Å². The standard InChI is InChI=1S/C21H24O2/c22-20(18-12-6-4-7-13-18)16-10-2-1-3-11-17-21(23)19-14-8-5-9-15-19/h4-17,20-23H,1-3H2/b16-10+,17-11+/t20-,21-/m0/s1. The number of aliphatic hydroxyl groups excluding tert-OH is 2. The van der Waals surface area contributed by atoms with Crippen LogP contribution >= 0.6 is 0 Å². The predicted molar refractivity (Wildman–Crippen MR) is 94.9 cm³/mol. The quantitative estimate of drug-likeness (QED) is 0.546. The van der Waals surface area contributed by atoms with Gasteiger partial charge in [-0.2, -0.15) is 0 Å². The van der Waals surface area contributed by atoms with E-state index >= 15 is 0 Å². The third-order valence-corrected chi connectivity index (χ3v) is 3.66. The molecule has 0 bridgehead atoms. The minimum Gasteiger partial charge on any atom is -0.384 e. The molecule has 0 amide bonds. The summed E-state index contributed by atoms with van der Waals surface area (Å²) in [4.78, 5) is 0. The summed E-state index contributed by atoms with van der Waals surface area (Å²) in [5, 5.41) is 20.0. The summed E-state index contributed by atoms with van der Waals surface area (Å²) in [6, 6.07) is 19.3. The first-order valence-electron chi connectivity index (χ1n) is 8.06. The molecule has 0 aliphatic heterocycles. The molecule has 23 heavy (non-hydrogen) atoms. The van der Waals surface area contributed by atoms with Gasteiger partial charge in [-0.25, -0.2) is 0 Å². The molecule has 2 aromatic carbocycles. The van der Waals surface area contributed by atoms with Crippen molar-refractivity contribution in [3.8, 4) is 0 Å². The molecule has 2 heteroatoms. The Morgan fingerprint density at radius 3 is 1.43 bits per heavy atom. The van der Waals surface area contributed by atoms with E-state index in [9.17, 15) is 10.2 Å². The molecule has 2 rings (SSSR count). The third kappa shape index (κ3) is 6.23. The Labute approximate surface area is 138 Å².